The second kappa shape index (κ2) is 4.47. The summed E-state index contributed by atoms with van der Waals surface area (Å²) in [5.41, 5.74) is 6.67. The zero-order chi connectivity index (χ0) is 13.4. The van der Waals surface area contributed by atoms with Crippen LogP contribution < -0.4 is 11.3 Å². The number of benzene rings is 1. The van der Waals surface area contributed by atoms with Gasteiger partial charge in [0.2, 0.25) is 0 Å². The van der Waals surface area contributed by atoms with Crippen LogP contribution in [0.4, 0.5) is 5.82 Å². The van der Waals surface area contributed by atoms with E-state index in [1.807, 2.05) is 30.3 Å². The van der Waals surface area contributed by atoms with E-state index in [-0.39, 0.29) is 11.4 Å². The van der Waals surface area contributed by atoms with Crippen LogP contribution in [0.5, 0.6) is 0 Å². The Labute approximate surface area is 116 Å². The number of rotatable bonds is 1. The lowest BCUT2D eigenvalue weighted by Crippen LogP contribution is -2.10. The first kappa shape index (κ1) is 11.9. The van der Waals surface area contributed by atoms with E-state index in [2.05, 4.69) is 30.9 Å². The molecule has 19 heavy (non-hydrogen) atoms. The lowest BCUT2D eigenvalue weighted by atomic mass is 10.2. The molecule has 0 aliphatic rings. The van der Waals surface area contributed by atoms with E-state index >= 15 is 0 Å². The number of H-pyrrole nitrogens is 1. The molecule has 0 aliphatic heterocycles. The molecule has 0 saturated carbocycles. The number of fused-ring (bicyclic) bond motifs is 1. The molecule has 3 aromatic rings. The van der Waals surface area contributed by atoms with Gasteiger partial charge in [-0.25, -0.2) is 9.97 Å². The number of nitrogens with one attached hydrogen (secondary N) is 1. The van der Waals surface area contributed by atoms with E-state index in [1.165, 1.54) is 6.07 Å². The van der Waals surface area contributed by atoms with Gasteiger partial charge in [-0.15, -0.1) is 0 Å². The second-order valence-corrected chi connectivity index (χ2v) is 4.88. The first-order valence-electron chi connectivity index (χ1n) is 5.56. The van der Waals surface area contributed by atoms with Crippen LogP contribution in [0.25, 0.3) is 22.4 Å². The average molecular weight is 317 g/mol. The Balaban J connectivity index is 2.29. The molecule has 2 aromatic heterocycles. The Morgan fingerprint density at radius 3 is 2.74 bits per heavy atom. The molecular formula is C13H9BrN4O. The summed E-state index contributed by atoms with van der Waals surface area (Å²) >= 11 is 3.44. The summed E-state index contributed by atoms with van der Waals surface area (Å²) in [5, 5.41) is 1.00. The van der Waals surface area contributed by atoms with E-state index in [9.17, 15) is 4.79 Å². The monoisotopic (exact) mass is 316 g/mol. The van der Waals surface area contributed by atoms with E-state index in [0.29, 0.717) is 11.5 Å². The SMILES string of the molecule is Nc1cc(=O)[nH]c(-c2nc3ccccc3cc2Br)n1. The number of hydrogen-bond acceptors (Lipinski definition) is 4. The first-order valence-corrected chi connectivity index (χ1v) is 6.35. The number of nitrogens with zero attached hydrogens (tertiary/aromatic N) is 2. The number of hydrogen-bond donors (Lipinski definition) is 2. The zero-order valence-electron chi connectivity index (χ0n) is 9.72. The van der Waals surface area contributed by atoms with E-state index in [0.717, 1.165) is 15.4 Å². The number of aromatic amines is 1. The van der Waals surface area contributed by atoms with Crippen LogP contribution in [0.15, 0.2) is 45.7 Å². The molecule has 3 rings (SSSR count). The van der Waals surface area contributed by atoms with Gasteiger partial charge in [-0.05, 0) is 28.1 Å². The van der Waals surface area contributed by atoms with E-state index in [1.54, 1.807) is 0 Å². The standard InChI is InChI=1S/C13H9BrN4O/c14-8-5-7-3-1-2-4-9(7)16-12(8)13-17-10(15)6-11(19)18-13/h1-6H,(H3,15,17,18,19). The molecule has 0 radical (unpaired) electrons. The van der Waals surface area contributed by atoms with Gasteiger partial charge in [0.05, 0.1) is 5.52 Å². The summed E-state index contributed by atoms with van der Waals surface area (Å²) in [4.78, 5) is 22.7. The fourth-order valence-corrected chi connectivity index (χ4v) is 2.37. The maximum Gasteiger partial charge on any atom is 0.253 e. The van der Waals surface area contributed by atoms with Gasteiger partial charge in [0.15, 0.2) is 5.82 Å². The Bertz CT molecular complexity index is 828. The van der Waals surface area contributed by atoms with Crippen molar-refractivity contribution in [3.63, 3.8) is 0 Å². The predicted molar refractivity (Wildman–Crippen MR) is 77.7 cm³/mol. The maximum absolute atomic E-state index is 11.4. The molecule has 94 valence electrons. The normalized spacial score (nSPS) is 10.8. The molecule has 5 nitrogen and oxygen atoms in total. The van der Waals surface area contributed by atoms with Gasteiger partial charge in [0, 0.05) is 15.9 Å². The van der Waals surface area contributed by atoms with Crippen molar-refractivity contribution >= 4 is 32.7 Å². The quantitative estimate of drug-likeness (QED) is 0.721. The topological polar surface area (TPSA) is 84.7 Å². The van der Waals surface area contributed by atoms with Gasteiger partial charge in [0.1, 0.15) is 11.5 Å². The molecular weight excluding hydrogens is 308 g/mol. The molecule has 0 amide bonds. The van der Waals surface area contributed by atoms with Crippen LogP contribution in [0.2, 0.25) is 0 Å². The highest BCUT2D eigenvalue weighted by Crippen LogP contribution is 2.27. The second-order valence-electron chi connectivity index (χ2n) is 4.03. The van der Waals surface area contributed by atoms with Gasteiger partial charge in [0.25, 0.3) is 5.56 Å². The molecule has 0 fully saturated rings. The number of nitrogen functional groups attached to an aromatic ring is 1. The van der Waals surface area contributed by atoms with Crippen molar-refractivity contribution in [3.8, 4) is 11.5 Å². The molecule has 0 atom stereocenters. The molecule has 0 saturated heterocycles. The summed E-state index contributed by atoms with van der Waals surface area (Å²) in [5.74, 6) is 0.517. The summed E-state index contributed by atoms with van der Waals surface area (Å²) in [6.07, 6.45) is 0. The molecule has 0 bridgehead atoms. The van der Waals surface area contributed by atoms with Gasteiger partial charge in [-0.3, -0.25) is 4.79 Å². The highest BCUT2D eigenvalue weighted by atomic mass is 79.9. The number of aromatic nitrogens is 3. The molecule has 0 unspecified atom stereocenters. The highest BCUT2D eigenvalue weighted by Gasteiger charge is 2.10. The van der Waals surface area contributed by atoms with Crippen molar-refractivity contribution in [3.05, 3.63) is 51.2 Å². The molecule has 0 aliphatic carbocycles. The molecule has 6 heteroatoms. The van der Waals surface area contributed by atoms with Gasteiger partial charge in [-0.2, -0.15) is 0 Å². The first-order chi connectivity index (χ1) is 9.13. The number of halogens is 1. The lowest BCUT2D eigenvalue weighted by Gasteiger charge is -2.05. The fraction of sp³-hybridized carbons (Fsp3) is 0. The number of para-hydroxylation sites is 1. The van der Waals surface area contributed by atoms with Crippen LogP contribution >= 0.6 is 15.9 Å². The minimum Gasteiger partial charge on any atom is -0.383 e. The van der Waals surface area contributed by atoms with Crippen LogP contribution in [0, 0.1) is 0 Å². The van der Waals surface area contributed by atoms with Crippen molar-refractivity contribution in [2.45, 2.75) is 0 Å². The summed E-state index contributed by atoms with van der Waals surface area (Å²) in [6.45, 7) is 0. The van der Waals surface area contributed by atoms with Crippen molar-refractivity contribution in [1.29, 1.82) is 0 Å². The minimum atomic E-state index is -0.302. The molecule has 3 N–H and O–H groups in total. The lowest BCUT2D eigenvalue weighted by molar-refractivity contribution is 1.11. The van der Waals surface area contributed by atoms with Crippen LogP contribution in [-0.2, 0) is 0 Å². The average Bonchev–Trinajstić information content (AvgIpc) is 2.36. The minimum absolute atomic E-state index is 0.167. The maximum atomic E-state index is 11.4. The smallest absolute Gasteiger partial charge is 0.253 e. The summed E-state index contributed by atoms with van der Waals surface area (Å²) < 4.78 is 0.750. The fourth-order valence-electron chi connectivity index (χ4n) is 1.84. The summed E-state index contributed by atoms with van der Waals surface area (Å²) in [6, 6.07) is 10.9. The van der Waals surface area contributed by atoms with Crippen molar-refractivity contribution in [2.75, 3.05) is 5.73 Å². The Morgan fingerprint density at radius 2 is 1.95 bits per heavy atom. The largest absolute Gasteiger partial charge is 0.383 e. The third kappa shape index (κ3) is 2.22. The van der Waals surface area contributed by atoms with Crippen molar-refractivity contribution < 1.29 is 0 Å². The third-order valence-electron chi connectivity index (χ3n) is 2.66. The van der Waals surface area contributed by atoms with Gasteiger partial charge in [-0.1, -0.05) is 18.2 Å². The van der Waals surface area contributed by atoms with Gasteiger partial charge >= 0.3 is 0 Å². The predicted octanol–water partition coefficient (Wildman–Crippen LogP) is 2.33. The zero-order valence-corrected chi connectivity index (χ0v) is 11.3. The molecule has 0 spiro atoms. The number of nitrogens with two attached hydrogens (primary N) is 1. The highest BCUT2D eigenvalue weighted by molar-refractivity contribution is 9.10. The van der Waals surface area contributed by atoms with Crippen molar-refractivity contribution in [2.24, 2.45) is 0 Å². The number of pyridine rings is 1. The third-order valence-corrected chi connectivity index (χ3v) is 3.27. The summed E-state index contributed by atoms with van der Waals surface area (Å²) in [7, 11) is 0. The Kier molecular flexibility index (Phi) is 2.79. The van der Waals surface area contributed by atoms with E-state index in [4.69, 9.17) is 5.73 Å². The molecule has 2 heterocycles. The van der Waals surface area contributed by atoms with Gasteiger partial charge < -0.3 is 10.7 Å². The van der Waals surface area contributed by atoms with Crippen molar-refractivity contribution in [1.82, 2.24) is 15.0 Å². The Hall–Kier alpha value is -2.21. The number of anilines is 1. The van der Waals surface area contributed by atoms with Crippen LogP contribution in [-0.4, -0.2) is 15.0 Å². The van der Waals surface area contributed by atoms with Crippen LogP contribution in [0.1, 0.15) is 0 Å². The van der Waals surface area contributed by atoms with Crippen LogP contribution in [0.3, 0.4) is 0 Å². The Morgan fingerprint density at radius 1 is 1.16 bits per heavy atom. The molecule has 1 aromatic carbocycles. The van der Waals surface area contributed by atoms with E-state index < -0.39 is 0 Å².